The topological polar surface area (TPSA) is 57.9 Å². The summed E-state index contributed by atoms with van der Waals surface area (Å²) in [6.45, 7) is 4.18. The third kappa shape index (κ3) is 3.44. The van der Waals surface area contributed by atoms with Crippen LogP contribution in [-0.2, 0) is 9.84 Å². The minimum atomic E-state index is -3.78. The van der Waals surface area contributed by atoms with Gasteiger partial charge in [-0.3, -0.25) is 0 Å². The van der Waals surface area contributed by atoms with Crippen LogP contribution in [0.25, 0.3) is 6.08 Å². The van der Waals surface area contributed by atoms with Gasteiger partial charge in [-0.15, -0.1) is 0 Å². The highest BCUT2D eigenvalue weighted by Crippen LogP contribution is 2.22. The molecule has 112 valence electrons. The van der Waals surface area contributed by atoms with Gasteiger partial charge in [0, 0.05) is 0 Å². The van der Waals surface area contributed by atoms with Crippen molar-refractivity contribution in [2.24, 2.45) is 0 Å². The lowest BCUT2D eigenvalue weighted by atomic mass is 10.0. The van der Waals surface area contributed by atoms with Gasteiger partial charge in [-0.05, 0) is 35.3 Å². The molecule has 22 heavy (non-hydrogen) atoms. The fourth-order valence-corrected chi connectivity index (χ4v) is 3.21. The summed E-state index contributed by atoms with van der Waals surface area (Å²) in [5.74, 6) is 0.404. The molecule has 0 aliphatic heterocycles. The first-order valence-electron chi connectivity index (χ1n) is 6.97. The third-order valence-corrected chi connectivity index (χ3v) is 5.04. The Morgan fingerprint density at radius 3 is 2.14 bits per heavy atom. The monoisotopic (exact) mass is 311 g/mol. The van der Waals surface area contributed by atoms with Crippen LogP contribution < -0.4 is 0 Å². The summed E-state index contributed by atoms with van der Waals surface area (Å²) in [5, 5.41) is 9.23. The molecule has 0 unspecified atom stereocenters. The highest BCUT2D eigenvalue weighted by molar-refractivity contribution is 7.95. The summed E-state index contributed by atoms with van der Waals surface area (Å²) in [6, 6.07) is 17.3. The molecule has 0 aromatic heterocycles. The number of benzene rings is 2. The van der Waals surface area contributed by atoms with Gasteiger partial charge in [0.15, 0.2) is 0 Å². The highest BCUT2D eigenvalue weighted by atomic mass is 32.2. The molecule has 0 heterocycles. The molecule has 0 saturated carbocycles. The molecular formula is C18H17NO2S. The number of sulfone groups is 1. The maximum Gasteiger partial charge on any atom is 0.216 e. The van der Waals surface area contributed by atoms with Crippen molar-refractivity contribution in [3.05, 3.63) is 70.6 Å². The van der Waals surface area contributed by atoms with E-state index >= 15 is 0 Å². The molecule has 0 spiro atoms. The van der Waals surface area contributed by atoms with Crippen LogP contribution in [0.2, 0.25) is 0 Å². The molecule has 0 N–H and O–H groups in total. The van der Waals surface area contributed by atoms with Crippen LogP contribution in [0.5, 0.6) is 0 Å². The normalized spacial score (nSPS) is 12.2. The second kappa shape index (κ2) is 6.59. The predicted molar refractivity (Wildman–Crippen MR) is 87.7 cm³/mol. The Morgan fingerprint density at radius 1 is 1.05 bits per heavy atom. The first kappa shape index (κ1) is 16.0. The number of hydrogen-bond acceptors (Lipinski definition) is 3. The number of nitriles is 1. The number of rotatable bonds is 4. The van der Waals surface area contributed by atoms with Crippen molar-refractivity contribution in [1.82, 2.24) is 0 Å². The number of allylic oxidation sites excluding steroid dienone is 1. The predicted octanol–water partition coefficient (Wildman–Crippen LogP) is 4.15. The summed E-state index contributed by atoms with van der Waals surface area (Å²) in [5.41, 5.74) is 1.86. The number of hydrogen-bond donors (Lipinski definition) is 0. The zero-order valence-corrected chi connectivity index (χ0v) is 13.3. The Bertz CT molecular complexity index is 812. The van der Waals surface area contributed by atoms with Gasteiger partial charge in [0.1, 0.15) is 11.0 Å². The van der Waals surface area contributed by atoms with E-state index < -0.39 is 9.84 Å². The molecule has 3 nitrogen and oxygen atoms in total. The van der Waals surface area contributed by atoms with Crippen LogP contribution in [0.1, 0.15) is 30.9 Å². The first-order chi connectivity index (χ1) is 10.4. The summed E-state index contributed by atoms with van der Waals surface area (Å²) in [6.07, 6.45) is 1.41. The Morgan fingerprint density at radius 2 is 1.64 bits per heavy atom. The Kier molecular flexibility index (Phi) is 4.79. The lowest BCUT2D eigenvalue weighted by Crippen LogP contribution is -2.03. The van der Waals surface area contributed by atoms with E-state index in [-0.39, 0.29) is 9.80 Å². The van der Waals surface area contributed by atoms with Gasteiger partial charge in [0.05, 0.1) is 4.90 Å². The fraction of sp³-hybridized carbons (Fsp3) is 0.167. The van der Waals surface area contributed by atoms with Crippen molar-refractivity contribution in [2.75, 3.05) is 0 Å². The van der Waals surface area contributed by atoms with Crippen LogP contribution in [0.3, 0.4) is 0 Å². The van der Waals surface area contributed by atoms with Gasteiger partial charge in [-0.1, -0.05) is 56.3 Å². The Labute approximate surface area is 131 Å². The van der Waals surface area contributed by atoms with E-state index in [2.05, 4.69) is 13.8 Å². The maximum atomic E-state index is 12.5. The molecule has 0 aliphatic rings. The van der Waals surface area contributed by atoms with Crippen LogP contribution in [0.4, 0.5) is 0 Å². The minimum absolute atomic E-state index is 0.126. The SMILES string of the molecule is CC(C)c1ccc(/C=C(\C#N)S(=O)(=O)c2ccccc2)cc1. The smallest absolute Gasteiger partial charge is 0.216 e. The standard InChI is InChI=1S/C18H17NO2S/c1-14(2)16-10-8-15(9-11-16)12-18(13-19)22(20,21)17-6-4-3-5-7-17/h3-12,14H,1-2H3/b18-12+. The molecular weight excluding hydrogens is 294 g/mol. The van der Waals surface area contributed by atoms with Gasteiger partial charge < -0.3 is 0 Å². The summed E-state index contributed by atoms with van der Waals surface area (Å²) >= 11 is 0. The molecule has 0 atom stereocenters. The molecule has 0 aliphatic carbocycles. The van der Waals surface area contributed by atoms with Crippen molar-refractivity contribution in [2.45, 2.75) is 24.7 Å². The van der Waals surface area contributed by atoms with Gasteiger partial charge in [-0.2, -0.15) is 5.26 Å². The molecule has 0 fully saturated rings. The molecule has 0 bridgehead atoms. The van der Waals surface area contributed by atoms with Crippen LogP contribution in [0, 0.1) is 11.3 Å². The highest BCUT2D eigenvalue weighted by Gasteiger charge is 2.20. The molecule has 2 aromatic rings. The van der Waals surface area contributed by atoms with Crippen LogP contribution in [0.15, 0.2) is 64.4 Å². The van der Waals surface area contributed by atoms with Crippen molar-refractivity contribution < 1.29 is 8.42 Å². The fourth-order valence-electron chi connectivity index (χ4n) is 2.03. The third-order valence-electron chi connectivity index (χ3n) is 3.35. The number of nitrogens with zero attached hydrogens (tertiary/aromatic N) is 1. The quantitative estimate of drug-likeness (QED) is 0.797. The van der Waals surface area contributed by atoms with E-state index in [9.17, 15) is 13.7 Å². The average Bonchev–Trinajstić information content (AvgIpc) is 2.53. The first-order valence-corrected chi connectivity index (χ1v) is 8.45. The van der Waals surface area contributed by atoms with Gasteiger partial charge >= 0.3 is 0 Å². The summed E-state index contributed by atoms with van der Waals surface area (Å²) < 4.78 is 24.9. The summed E-state index contributed by atoms with van der Waals surface area (Å²) in [7, 11) is -3.78. The van der Waals surface area contributed by atoms with Gasteiger partial charge in [0.2, 0.25) is 9.84 Å². The van der Waals surface area contributed by atoms with E-state index in [4.69, 9.17) is 0 Å². The van der Waals surface area contributed by atoms with Crippen LogP contribution >= 0.6 is 0 Å². The Hall–Kier alpha value is -2.38. The zero-order valence-electron chi connectivity index (χ0n) is 12.5. The Balaban J connectivity index is 2.42. The molecule has 0 radical (unpaired) electrons. The van der Waals surface area contributed by atoms with Crippen molar-refractivity contribution in [1.29, 1.82) is 5.26 Å². The van der Waals surface area contributed by atoms with E-state index in [0.29, 0.717) is 11.5 Å². The zero-order chi connectivity index (χ0) is 16.2. The van der Waals surface area contributed by atoms with E-state index in [1.807, 2.05) is 24.3 Å². The molecule has 0 amide bonds. The lowest BCUT2D eigenvalue weighted by Gasteiger charge is -2.06. The van der Waals surface area contributed by atoms with Crippen LogP contribution in [-0.4, -0.2) is 8.42 Å². The van der Waals surface area contributed by atoms with E-state index in [0.717, 1.165) is 0 Å². The second-order valence-electron chi connectivity index (χ2n) is 5.26. The van der Waals surface area contributed by atoms with Crippen molar-refractivity contribution >= 4 is 15.9 Å². The lowest BCUT2D eigenvalue weighted by molar-refractivity contribution is 0.603. The second-order valence-corrected chi connectivity index (χ2v) is 7.18. The average molecular weight is 311 g/mol. The van der Waals surface area contributed by atoms with Crippen molar-refractivity contribution in [3.8, 4) is 6.07 Å². The molecule has 4 heteroatoms. The van der Waals surface area contributed by atoms with E-state index in [1.165, 1.54) is 23.8 Å². The molecule has 0 saturated heterocycles. The van der Waals surface area contributed by atoms with E-state index in [1.54, 1.807) is 24.3 Å². The molecule has 2 aromatic carbocycles. The molecule has 2 rings (SSSR count). The largest absolute Gasteiger partial charge is 0.218 e. The minimum Gasteiger partial charge on any atom is -0.218 e. The summed E-state index contributed by atoms with van der Waals surface area (Å²) in [4.78, 5) is -0.127. The maximum absolute atomic E-state index is 12.5. The van der Waals surface area contributed by atoms with Crippen molar-refractivity contribution in [3.63, 3.8) is 0 Å². The van der Waals surface area contributed by atoms with Gasteiger partial charge in [0.25, 0.3) is 0 Å². The van der Waals surface area contributed by atoms with Gasteiger partial charge in [-0.25, -0.2) is 8.42 Å².